The van der Waals surface area contributed by atoms with E-state index in [2.05, 4.69) is 0 Å². The Morgan fingerprint density at radius 1 is 1.00 bits per heavy atom. The van der Waals surface area contributed by atoms with Gasteiger partial charge in [0.2, 0.25) is 0 Å². The van der Waals surface area contributed by atoms with E-state index >= 15 is 0 Å². The molecule has 0 spiro atoms. The average molecular weight is 206 g/mol. The fourth-order valence-electron chi connectivity index (χ4n) is 1.15. The van der Waals surface area contributed by atoms with Gasteiger partial charge in [-0.25, -0.2) is 0 Å². The van der Waals surface area contributed by atoms with Crippen molar-refractivity contribution < 1.29 is 13.3 Å². The van der Waals surface area contributed by atoms with Crippen molar-refractivity contribution in [3.05, 3.63) is 0 Å². The van der Waals surface area contributed by atoms with E-state index in [1.54, 1.807) is 7.11 Å². The number of hydrogen-bond acceptors (Lipinski definition) is 3. The minimum Gasteiger partial charge on any atom is -0.377 e. The summed E-state index contributed by atoms with van der Waals surface area (Å²) in [5.74, 6) is 0. The van der Waals surface area contributed by atoms with Crippen LogP contribution in [0.4, 0.5) is 0 Å². The van der Waals surface area contributed by atoms with Gasteiger partial charge in [-0.15, -0.1) is 0 Å². The highest BCUT2D eigenvalue weighted by molar-refractivity contribution is 6.60. The van der Waals surface area contributed by atoms with E-state index in [0.717, 1.165) is 6.04 Å². The molecule has 0 aromatic rings. The smallest absolute Gasteiger partial charge is 0.377 e. The van der Waals surface area contributed by atoms with Crippen molar-refractivity contribution >= 4 is 8.80 Å². The molecule has 4 heteroatoms. The molecule has 0 rings (SSSR count). The van der Waals surface area contributed by atoms with Gasteiger partial charge in [0, 0.05) is 25.4 Å². The predicted octanol–water partition coefficient (Wildman–Crippen LogP) is 2.44. The monoisotopic (exact) mass is 206 g/mol. The summed E-state index contributed by atoms with van der Waals surface area (Å²) >= 11 is 0. The van der Waals surface area contributed by atoms with Crippen molar-refractivity contribution in [3.8, 4) is 0 Å². The molecule has 0 amide bonds. The maximum atomic E-state index is 5.74. The Bertz CT molecular complexity index is 121. The third-order valence-corrected chi connectivity index (χ3v) is 4.72. The highest BCUT2D eigenvalue weighted by Gasteiger charge is 2.39. The van der Waals surface area contributed by atoms with Gasteiger partial charge < -0.3 is 13.3 Å². The summed E-state index contributed by atoms with van der Waals surface area (Å²) in [6, 6.07) is 0.819. The number of hydrogen-bond donors (Lipinski definition) is 0. The van der Waals surface area contributed by atoms with Crippen molar-refractivity contribution in [2.75, 3.05) is 7.11 Å². The second kappa shape index (κ2) is 5.75. The first-order valence-electron chi connectivity index (χ1n) is 4.86. The molecule has 0 atom stereocenters. The molecular weight excluding hydrogens is 184 g/mol. The first-order valence-corrected chi connectivity index (χ1v) is 6.79. The highest BCUT2D eigenvalue weighted by Crippen LogP contribution is 2.18. The minimum absolute atomic E-state index is 0.158. The summed E-state index contributed by atoms with van der Waals surface area (Å²) in [4.78, 5) is 0. The molecule has 0 aliphatic rings. The molecular formula is C9H22O3Si. The molecule has 3 nitrogen and oxygen atoms in total. The lowest BCUT2D eigenvalue weighted by Crippen LogP contribution is -2.47. The van der Waals surface area contributed by atoms with Gasteiger partial charge in [-0.2, -0.15) is 0 Å². The molecule has 0 aromatic heterocycles. The molecule has 0 aromatic carbocycles. The Labute approximate surface area is 82.8 Å². The molecule has 0 aliphatic heterocycles. The highest BCUT2D eigenvalue weighted by atomic mass is 28.4. The minimum atomic E-state index is -2.37. The maximum absolute atomic E-state index is 5.74. The van der Waals surface area contributed by atoms with Crippen LogP contribution in [0.2, 0.25) is 6.04 Å². The largest absolute Gasteiger partial charge is 0.500 e. The quantitative estimate of drug-likeness (QED) is 0.625. The standard InChI is InChI=1S/C9H22O3Si/c1-7-13(10-6,11-8(2)3)12-9(4)5/h8-9H,7H2,1-6H3. The van der Waals surface area contributed by atoms with Crippen LogP contribution >= 0.6 is 0 Å². The summed E-state index contributed by atoms with van der Waals surface area (Å²) in [7, 11) is -0.702. The van der Waals surface area contributed by atoms with E-state index < -0.39 is 8.80 Å². The normalized spacial score (nSPS) is 12.9. The first-order chi connectivity index (χ1) is 5.95. The summed E-state index contributed by atoms with van der Waals surface area (Å²) in [5.41, 5.74) is 0. The Morgan fingerprint density at radius 2 is 1.38 bits per heavy atom. The second-order valence-electron chi connectivity index (χ2n) is 3.57. The Kier molecular flexibility index (Phi) is 5.79. The van der Waals surface area contributed by atoms with Crippen molar-refractivity contribution in [2.24, 2.45) is 0 Å². The summed E-state index contributed by atoms with van der Waals surface area (Å²) in [6.07, 6.45) is 0.315. The van der Waals surface area contributed by atoms with E-state index in [-0.39, 0.29) is 12.2 Å². The molecule has 0 unspecified atom stereocenters. The lowest BCUT2D eigenvalue weighted by atomic mass is 10.5. The third kappa shape index (κ3) is 4.76. The molecule has 80 valence electrons. The fraction of sp³-hybridized carbons (Fsp3) is 1.00. The van der Waals surface area contributed by atoms with Crippen LogP contribution in [0.25, 0.3) is 0 Å². The zero-order valence-electron chi connectivity index (χ0n) is 9.59. The van der Waals surface area contributed by atoms with Crippen LogP contribution in [0.3, 0.4) is 0 Å². The van der Waals surface area contributed by atoms with E-state index in [4.69, 9.17) is 13.3 Å². The predicted molar refractivity (Wildman–Crippen MR) is 55.7 cm³/mol. The van der Waals surface area contributed by atoms with Crippen LogP contribution in [-0.2, 0) is 13.3 Å². The Hall–Kier alpha value is 0.0969. The van der Waals surface area contributed by atoms with Gasteiger partial charge in [0.15, 0.2) is 0 Å². The fourth-order valence-corrected chi connectivity index (χ4v) is 3.46. The van der Waals surface area contributed by atoms with E-state index in [0.29, 0.717) is 0 Å². The molecule has 0 saturated carbocycles. The molecule has 0 N–H and O–H groups in total. The second-order valence-corrected chi connectivity index (χ2v) is 6.53. The molecule has 0 fully saturated rings. The molecule has 0 saturated heterocycles. The van der Waals surface area contributed by atoms with Gasteiger partial charge >= 0.3 is 8.80 Å². The third-order valence-electron chi connectivity index (χ3n) is 1.57. The molecule has 0 radical (unpaired) electrons. The van der Waals surface area contributed by atoms with Crippen LogP contribution in [0.5, 0.6) is 0 Å². The van der Waals surface area contributed by atoms with Crippen molar-refractivity contribution in [1.82, 2.24) is 0 Å². The summed E-state index contributed by atoms with van der Waals surface area (Å²) < 4.78 is 16.9. The zero-order chi connectivity index (χ0) is 10.5. The van der Waals surface area contributed by atoms with E-state index in [1.165, 1.54) is 0 Å². The van der Waals surface area contributed by atoms with Gasteiger partial charge in [0.25, 0.3) is 0 Å². The number of rotatable bonds is 6. The van der Waals surface area contributed by atoms with Crippen molar-refractivity contribution in [2.45, 2.75) is 52.9 Å². The first kappa shape index (κ1) is 13.1. The van der Waals surface area contributed by atoms with Crippen molar-refractivity contribution in [3.63, 3.8) is 0 Å². The SMILES string of the molecule is CC[Si](OC)(OC(C)C)OC(C)C. The molecule has 0 bridgehead atoms. The van der Waals surface area contributed by atoms with E-state index in [1.807, 2.05) is 34.6 Å². The zero-order valence-corrected chi connectivity index (χ0v) is 10.6. The lowest BCUT2D eigenvalue weighted by molar-refractivity contribution is 0.0339. The van der Waals surface area contributed by atoms with E-state index in [9.17, 15) is 0 Å². The van der Waals surface area contributed by atoms with Crippen LogP contribution in [-0.4, -0.2) is 28.1 Å². The van der Waals surface area contributed by atoms with Gasteiger partial charge in [0.05, 0.1) is 0 Å². The Morgan fingerprint density at radius 3 is 1.54 bits per heavy atom. The topological polar surface area (TPSA) is 27.7 Å². The maximum Gasteiger partial charge on any atom is 0.500 e. The van der Waals surface area contributed by atoms with Crippen LogP contribution in [0.1, 0.15) is 34.6 Å². The molecule has 0 aliphatic carbocycles. The Balaban J connectivity index is 4.30. The van der Waals surface area contributed by atoms with Crippen LogP contribution in [0.15, 0.2) is 0 Å². The van der Waals surface area contributed by atoms with Crippen LogP contribution < -0.4 is 0 Å². The molecule has 0 heterocycles. The van der Waals surface area contributed by atoms with Crippen LogP contribution in [0, 0.1) is 0 Å². The van der Waals surface area contributed by atoms with Gasteiger partial charge in [-0.3, -0.25) is 0 Å². The van der Waals surface area contributed by atoms with Gasteiger partial charge in [-0.05, 0) is 27.7 Å². The van der Waals surface area contributed by atoms with Gasteiger partial charge in [0.1, 0.15) is 0 Å². The van der Waals surface area contributed by atoms with Gasteiger partial charge in [-0.1, -0.05) is 6.92 Å². The average Bonchev–Trinajstić information content (AvgIpc) is 2.01. The summed E-state index contributed by atoms with van der Waals surface area (Å²) in [5, 5.41) is 0. The molecule has 13 heavy (non-hydrogen) atoms. The lowest BCUT2D eigenvalue weighted by Gasteiger charge is -2.30. The summed E-state index contributed by atoms with van der Waals surface area (Å²) in [6.45, 7) is 10.0. The van der Waals surface area contributed by atoms with Crippen molar-refractivity contribution in [1.29, 1.82) is 0 Å².